The van der Waals surface area contributed by atoms with Gasteiger partial charge in [-0.15, -0.1) is 0 Å². The highest BCUT2D eigenvalue weighted by atomic mass is 32.2. The maximum atomic E-state index is 12.1. The fourth-order valence-corrected chi connectivity index (χ4v) is 2.77. The predicted molar refractivity (Wildman–Crippen MR) is 93.6 cm³/mol. The molecular formula is C16H23N3O6S. The standard InChI is InChI=1S/C16H23N3O6S/c1-10(14(21)19-16(2,3)4)25-15(22)11-5-7-12(8-6-11)26(23,24)18-9-13(17)20/h5-8,10,18H,9H2,1-4H3,(H2,17,20)(H,19,21)/t10-/m1/s1. The number of nitrogens with one attached hydrogen (secondary N) is 2. The van der Waals surface area contributed by atoms with Crippen LogP contribution in [0.4, 0.5) is 0 Å². The van der Waals surface area contributed by atoms with Gasteiger partial charge in [0.15, 0.2) is 6.10 Å². The molecule has 0 saturated carbocycles. The third-order valence-electron chi connectivity index (χ3n) is 2.99. The molecule has 2 amide bonds. The van der Waals surface area contributed by atoms with Crippen LogP contribution in [0.5, 0.6) is 0 Å². The number of amides is 2. The number of sulfonamides is 1. The summed E-state index contributed by atoms with van der Waals surface area (Å²) in [6.07, 6.45) is -1.01. The first kappa shape index (κ1) is 21.6. The number of ether oxygens (including phenoxy) is 1. The number of carbonyl (C=O) groups excluding carboxylic acids is 3. The molecule has 0 radical (unpaired) electrons. The third kappa shape index (κ3) is 6.81. The number of benzene rings is 1. The quantitative estimate of drug-likeness (QED) is 0.559. The van der Waals surface area contributed by atoms with E-state index in [0.29, 0.717) is 0 Å². The normalized spacial score (nSPS) is 12.9. The summed E-state index contributed by atoms with van der Waals surface area (Å²) in [5, 5.41) is 2.69. The Labute approximate surface area is 152 Å². The second-order valence-electron chi connectivity index (χ2n) is 6.60. The van der Waals surface area contributed by atoms with Crippen molar-refractivity contribution < 1.29 is 27.5 Å². The molecule has 0 fully saturated rings. The lowest BCUT2D eigenvalue weighted by molar-refractivity contribution is -0.130. The molecule has 0 aliphatic heterocycles. The van der Waals surface area contributed by atoms with E-state index in [1.54, 1.807) is 20.8 Å². The Morgan fingerprint density at radius 2 is 1.69 bits per heavy atom. The van der Waals surface area contributed by atoms with Crippen molar-refractivity contribution in [2.24, 2.45) is 5.73 Å². The summed E-state index contributed by atoms with van der Waals surface area (Å²) in [5.41, 5.74) is 4.50. The monoisotopic (exact) mass is 385 g/mol. The number of rotatable bonds is 7. The average molecular weight is 385 g/mol. The van der Waals surface area contributed by atoms with Crippen LogP contribution in [0.2, 0.25) is 0 Å². The Kier molecular flexibility index (Phi) is 6.87. The molecular weight excluding hydrogens is 362 g/mol. The summed E-state index contributed by atoms with van der Waals surface area (Å²) in [4.78, 5) is 34.5. The van der Waals surface area contributed by atoms with E-state index in [0.717, 1.165) is 0 Å². The van der Waals surface area contributed by atoms with Crippen LogP contribution in [0.3, 0.4) is 0 Å². The van der Waals surface area contributed by atoms with Gasteiger partial charge in [0.1, 0.15) is 0 Å². The molecule has 10 heteroatoms. The van der Waals surface area contributed by atoms with E-state index in [1.807, 2.05) is 4.72 Å². The van der Waals surface area contributed by atoms with Crippen molar-refractivity contribution in [1.82, 2.24) is 10.0 Å². The molecule has 1 rings (SSSR count). The van der Waals surface area contributed by atoms with Crippen molar-refractivity contribution in [3.63, 3.8) is 0 Å². The maximum Gasteiger partial charge on any atom is 0.338 e. The van der Waals surface area contributed by atoms with Crippen molar-refractivity contribution in [1.29, 1.82) is 0 Å². The molecule has 0 bridgehead atoms. The first-order valence-corrected chi connectivity index (χ1v) is 9.21. The minimum absolute atomic E-state index is 0.0780. The van der Waals surface area contributed by atoms with Crippen LogP contribution in [0.25, 0.3) is 0 Å². The van der Waals surface area contributed by atoms with Crippen molar-refractivity contribution >= 4 is 27.8 Å². The summed E-state index contributed by atoms with van der Waals surface area (Å²) in [6, 6.07) is 4.85. The zero-order valence-electron chi connectivity index (χ0n) is 15.0. The molecule has 1 atom stereocenters. The van der Waals surface area contributed by atoms with Gasteiger partial charge >= 0.3 is 5.97 Å². The average Bonchev–Trinajstić information content (AvgIpc) is 2.51. The van der Waals surface area contributed by atoms with Crippen molar-refractivity contribution in [3.05, 3.63) is 29.8 Å². The Balaban J connectivity index is 2.78. The minimum Gasteiger partial charge on any atom is -0.449 e. The SMILES string of the molecule is C[C@@H](OC(=O)c1ccc(S(=O)(=O)NCC(N)=O)cc1)C(=O)NC(C)(C)C. The van der Waals surface area contributed by atoms with Crippen LogP contribution in [0, 0.1) is 0 Å². The van der Waals surface area contributed by atoms with Gasteiger partial charge in [-0.3, -0.25) is 9.59 Å². The minimum atomic E-state index is -3.92. The molecule has 0 spiro atoms. The van der Waals surface area contributed by atoms with E-state index in [2.05, 4.69) is 5.32 Å². The lowest BCUT2D eigenvalue weighted by Crippen LogP contribution is -2.46. The van der Waals surface area contributed by atoms with Crippen LogP contribution in [0.1, 0.15) is 38.1 Å². The number of hydrogen-bond acceptors (Lipinski definition) is 6. The fraction of sp³-hybridized carbons (Fsp3) is 0.438. The van der Waals surface area contributed by atoms with Gasteiger partial charge < -0.3 is 15.8 Å². The van der Waals surface area contributed by atoms with Gasteiger partial charge in [-0.25, -0.2) is 17.9 Å². The molecule has 0 aliphatic carbocycles. The van der Waals surface area contributed by atoms with Crippen LogP contribution >= 0.6 is 0 Å². The number of primary amides is 1. The highest BCUT2D eigenvalue weighted by molar-refractivity contribution is 7.89. The van der Waals surface area contributed by atoms with Gasteiger partial charge in [0.05, 0.1) is 17.0 Å². The summed E-state index contributed by atoms with van der Waals surface area (Å²) in [5.74, 6) is -2.03. The van der Waals surface area contributed by atoms with Gasteiger partial charge in [-0.05, 0) is 52.0 Å². The molecule has 1 aromatic rings. The van der Waals surface area contributed by atoms with Gasteiger partial charge in [-0.1, -0.05) is 0 Å². The Hall–Kier alpha value is -2.46. The van der Waals surface area contributed by atoms with Gasteiger partial charge in [0.2, 0.25) is 15.9 Å². The van der Waals surface area contributed by atoms with Crippen molar-refractivity contribution in [2.75, 3.05) is 6.54 Å². The summed E-state index contributed by atoms with van der Waals surface area (Å²) in [7, 11) is -3.92. The molecule has 144 valence electrons. The highest BCUT2D eigenvalue weighted by Gasteiger charge is 2.23. The molecule has 0 saturated heterocycles. The van der Waals surface area contributed by atoms with E-state index in [1.165, 1.54) is 31.2 Å². The van der Waals surface area contributed by atoms with Gasteiger partial charge in [0, 0.05) is 5.54 Å². The lowest BCUT2D eigenvalue weighted by Gasteiger charge is -2.23. The van der Waals surface area contributed by atoms with Crippen LogP contribution in [-0.2, 0) is 24.3 Å². The second kappa shape index (κ2) is 8.28. The highest BCUT2D eigenvalue weighted by Crippen LogP contribution is 2.12. The van der Waals surface area contributed by atoms with Crippen molar-refractivity contribution in [2.45, 2.75) is 44.2 Å². The number of esters is 1. The zero-order valence-corrected chi connectivity index (χ0v) is 15.8. The van der Waals surface area contributed by atoms with Gasteiger partial charge in [-0.2, -0.15) is 0 Å². The molecule has 9 nitrogen and oxygen atoms in total. The predicted octanol–water partition coefficient (Wildman–Crippen LogP) is -0.0898. The fourth-order valence-electron chi connectivity index (χ4n) is 1.77. The van der Waals surface area contributed by atoms with E-state index in [-0.39, 0.29) is 10.5 Å². The summed E-state index contributed by atoms with van der Waals surface area (Å²) < 4.78 is 31.0. The Morgan fingerprint density at radius 1 is 1.15 bits per heavy atom. The lowest BCUT2D eigenvalue weighted by atomic mass is 10.1. The van der Waals surface area contributed by atoms with E-state index >= 15 is 0 Å². The van der Waals surface area contributed by atoms with E-state index in [9.17, 15) is 22.8 Å². The molecule has 26 heavy (non-hydrogen) atoms. The molecule has 0 heterocycles. The Bertz CT molecular complexity index is 781. The van der Waals surface area contributed by atoms with Crippen LogP contribution < -0.4 is 15.8 Å². The maximum absolute atomic E-state index is 12.1. The molecule has 0 aliphatic rings. The first-order chi connectivity index (χ1) is 11.8. The Morgan fingerprint density at radius 3 is 2.15 bits per heavy atom. The molecule has 4 N–H and O–H groups in total. The summed E-state index contributed by atoms with van der Waals surface area (Å²) >= 11 is 0. The number of nitrogens with two attached hydrogens (primary N) is 1. The van der Waals surface area contributed by atoms with E-state index in [4.69, 9.17) is 10.5 Å². The number of carbonyl (C=O) groups is 3. The largest absolute Gasteiger partial charge is 0.449 e. The van der Waals surface area contributed by atoms with Crippen molar-refractivity contribution in [3.8, 4) is 0 Å². The van der Waals surface area contributed by atoms with Gasteiger partial charge in [0.25, 0.3) is 5.91 Å². The van der Waals surface area contributed by atoms with E-state index < -0.39 is 46.0 Å². The number of hydrogen-bond donors (Lipinski definition) is 3. The molecule has 0 unspecified atom stereocenters. The van der Waals surface area contributed by atoms with Crippen LogP contribution in [0.15, 0.2) is 29.2 Å². The van der Waals surface area contributed by atoms with Crippen LogP contribution in [-0.4, -0.2) is 44.4 Å². The zero-order chi connectivity index (χ0) is 20.1. The molecule has 1 aromatic carbocycles. The molecule has 0 aromatic heterocycles. The second-order valence-corrected chi connectivity index (χ2v) is 8.37. The smallest absolute Gasteiger partial charge is 0.338 e. The first-order valence-electron chi connectivity index (χ1n) is 7.73. The third-order valence-corrected chi connectivity index (χ3v) is 4.41. The topological polar surface area (TPSA) is 145 Å². The summed E-state index contributed by atoms with van der Waals surface area (Å²) in [6.45, 7) is 6.29.